The van der Waals surface area contributed by atoms with Crippen LogP contribution in [0.25, 0.3) is 0 Å². The molecule has 1 atom stereocenters. The van der Waals surface area contributed by atoms with E-state index in [1.807, 2.05) is 4.90 Å². The largest absolute Gasteiger partial charge is 0.421 e. The highest BCUT2D eigenvalue weighted by molar-refractivity contribution is 5.95. The van der Waals surface area contributed by atoms with Gasteiger partial charge < -0.3 is 15.7 Å². The number of alkyl halides is 3. The maximum atomic E-state index is 13.6. The highest BCUT2D eigenvalue weighted by Gasteiger charge is 2.51. The number of hydrogen-bond donors (Lipinski definition) is 2. The Morgan fingerprint density at radius 3 is 2.00 bits per heavy atom. The minimum Gasteiger partial charge on any atom is -0.376 e. The van der Waals surface area contributed by atoms with Crippen LogP contribution in [0.4, 0.5) is 17.6 Å². The van der Waals surface area contributed by atoms with Gasteiger partial charge in [-0.15, -0.1) is 0 Å². The van der Waals surface area contributed by atoms with Gasteiger partial charge in [0.15, 0.2) is 5.60 Å². The van der Waals surface area contributed by atoms with E-state index in [2.05, 4.69) is 0 Å². The molecule has 2 fully saturated rings. The molecule has 2 amide bonds. The van der Waals surface area contributed by atoms with Crippen LogP contribution in [0.2, 0.25) is 0 Å². The van der Waals surface area contributed by atoms with Crippen molar-refractivity contribution in [1.82, 2.24) is 4.90 Å². The summed E-state index contributed by atoms with van der Waals surface area (Å²) in [7, 11) is 0. The highest BCUT2D eigenvalue weighted by Crippen LogP contribution is 2.46. The standard InChI is InChI=1S/C28H32F4N2O3/c1-26(37,28(30,31)32)19-4-2-18(3-5-19)25(36)34(22-10-11-22)23-12-15-27(16-13-23,17-14-24(33)35)20-6-8-21(29)9-7-20/h2-9,22-23,37H,10-17H2,1H3,(H2,33,35). The summed E-state index contributed by atoms with van der Waals surface area (Å²) >= 11 is 0. The molecule has 2 saturated carbocycles. The van der Waals surface area contributed by atoms with Gasteiger partial charge >= 0.3 is 6.18 Å². The van der Waals surface area contributed by atoms with Crippen LogP contribution < -0.4 is 5.73 Å². The molecule has 0 bridgehead atoms. The Hall–Kier alpha value is -2.94. The zero-order valence-electron chi connectivity index (χ0n) is 20.7. The first kappa shape index (κ1) is 27.1. The molecule has 0 spiro atoms. The Labute approximate surface area is 213 Å². The number of rotatable bonds is 8. The normalized spacial score (nSPS) is 23.8. The third kappa shape index (κ3) is 5.66. The molecule has 2 aliphatic carbocycles. The fraction of sp³-hybridized carbons (Fsp3) is 0.500. The number of nitrogens with zero attached hydrogens (tertiary/aromatic N) is 1. The van der Waals surface area contributed by atoms with Crippen molar-refractivity contribution < 1.29 is 32.3 Å². The van der Waals surface area contributed by atoms with E-state index in [1.165, 1.54) is 24.3 Å². The number of amides is 2. The second-order valence-corrected chi connectivity index (χ2v) is 10.6. The van der Waals surface area contributed by atoms with Gasteiger partial charge in [0.05, 0.1) is 0 Å². The number of hydrogen-bond acceptors (Lipinski definition) is 3. The van der Waals surface area contributed by atoms with E-state index in [-0.39, 0.29) is 46.8 Å². The van der Waals surface area contributed by atoms with E-state index in [1.54, 1.807) is 12.1 Å². The molecular weight excluding hydrogens is 488 g/mol. The van der Waals surface area contributed by atoms with Crippen LogP contribution in [0, 0.1) is 5.82 Å². The molecule has 200 valence electrons. The van der Waals surface area contributed by atoms with E-state index in [0.717, 1.165) is 30.5 Å². The zero-order valence-corrected chi connectivity index (χ0v) is 20.7. The molecular formula is C28H32F4N2O3. The van der Waals surface area contributed by atoms with Gasteiger partial charge in [0, 0.05) is 24.1 Å². The molecule has 2 aromatic carbocycles. The SMILES string of the molecule is CC(O)(c1ccc(C(=O)N(C2CC2)C2CCC(CCC(N)=O)(c3ccc(F)cc3)CC2)cc1)C(F)(F)F. The van der Waals surface area contributed by atoms with E-state index in [4.69, 9.17) is 5.73 Å². The Kier molecular flexibility index (Phi) is 7.38. The molecule has 2 aliphatic rings. The monoisotopic (exact) mass is 520 g/mol. The van der Waals surface area contributed by atoms with Crippen molar-refractivity contribution in [2.45, 2.75) is 87.6 Å². The average Bonchev–Trinajstić information content (AvgIpc) is 3.69. The molecule has 0 aliphatic heterocycles. The maximum Gasteiger partial charge on any atom is 0.421 e. The number of halogens is 4. The van der Waals surface area contributed by atoms with Crippen LogP contribution in [0.3, 0.4) is 0 Å². The van der Waals surface area contributed by atoms with Gasteiger partial charge in [-0.2, -0.15) is 13.2 Å². The minimum atomic E-state index is -4.84. The minimum absolute atomic E-state index is 0.0555. The summed E-state index contributed by atoms with van der Waals surface area (Å²) in [6.45, 7) is 0.688. The molecule has 4 rings (SSSR count). The van der Waals surface area contributed by atoms with E-state index < -0.39 is 17.7 Å². The van der Waals surface area contributed by atoms with E-state index in [0.29, 0.717) is 39.0 Å². The summed E-state index contributed by atoms with van der Waals surface area (Å²) < 4.78 is 53.2. The Morgan fingerprint density at radius 2 is 1.51 bits per heavy atom. The Bertz CT molecular complexity index is 1120. The number of benzene rings is 2. The zero-order chi connectivity index (χ0) is 27.0. The first-order valence-electron chi connectivity index (χ1n) is 12.6. The lowest BCUT2D eigenvalue weighted by Gasteiger charge is -2.44. The van der Waals surface area contributed by atoms with Crippen molar-refractivity contribution in [2.75, 3.05) is 0 Å². The Morgan fingerprint density at radius 1 is 0.973 bits per heavy atom. The van der Waals surface area contributed by atoms with Crippen molar-refractivity contribution >= 4 is 11.8 Å². The van der Waals surface area contributed by atoms with Gasteiger partial charge in [-0.25, -0.2) is 4.39 Å². The quantitative estimate of drug-likeness (QED) is 0.461. The van der Waals surface area contributed by atoms with Crippen molar-refractivity contribution in [3.8, 4) is 0 Å². The molecule has 3 N–H and O–H groups in total. The first-order chi connectivity index (χ1) is 17.3. The second-order valence-electron chi connectivity index (χ2n) is 10.6. The van der Waals surface area contributed by atoms with Crippen LogP contribution in [0.15, 0.2) is 48.5 Å². The van der Waals surface area contributed by atoms with Crippen LogP contribution in [0.5, 0.6) is 0 Å². The van der Waals surface area contributed by atoms with Crippen molar-refractivity contribution in [3.63, 3.8) is 0 Å². The average molecular weight is 521 g/mol. The predicted octanol–water partition coefficient (Wildman–Crippen LogP) is 5.35. The maximum absolute atomic E-state index is 13.6. The Balaban J connectivity index is 1.52. The van der Waals surface area contributed by atoms with E-state index in [9.17, 15) is 32.3 Å². The summed E-state index contributed by atoms with van der Waals surface area (Å²) in [4.78, 5) is 26.9. The van der Waals surface area contributed by atoms with Crippen molar-refractivity contribution in [3.05, 3.63) is 71.0 Å². The lowest BCUT2D eigenvalue weighted by atomic mass is 9.65. The third-order valence-corrected chi connectivity index (χ3v) is 8.03. The number of aliphatic hydroxyl groups is 1. The smallest absolute Gasteiger partial charge is 0.376 e. The van der Waals surface area contributed by atoms with Crippen molar-refractivity contribution in [1.29, 1.82) is 0 Å². The number of primary amides is 1. The predicted molar refractivity (Wildman–Crippen MR) is 130 cm³/mol. The van der Waals surface area contributed by atoms with Crippen LogP contribution in [-0.4, -0.2) is 40.1 Å². The summed E-state index contributed by atoms with van der Waals surface area (Å²) in [6, 6.07) is 11.3. The van der Waals surface area contributed by atoms with Gasteiger partial charge in [-0.1, -0.05) is 24.3 Å². The van der Waals surface area contributed by atoms with Gasteiger partial charge in [-0.3, -0.25) is 9.59 Å². The summed E-state index contributed by atoms with van der Waals surface area (Å²) in [5, 5.41) is 9.93. The third-order valence-electron chi connectivity index (χ3n) is 8.03. The van der Waals surface area contributed by atoms with E-state index >= 15 is 0 Å². The van der Waals surface area contributed by atoms with Crippen LogP contribution in [-0.2, 0) is 15.8 Å². The highest BCUT2D eigenvalue weighted by atomic mass is 19.4. The molecule has 2 aromatic rings. The van der Waals surface area contributed by atoms with Crippen LogP contribution in [0.1, 0.15) is 79.8 Å². The van der Waals surface area contributed by atoms with Gasteiger partial charge in [0.2, 0.25) is 5.91 Å². The number of carbonyl (C=O) groups excluding carboxylic acids is 2. The summed E-state index contributed by atoms with van der Waals surface area (Å²) in [5.74, 6) is -0.973. The van der Waals surface area contributed by atoms with Gasteiger partial charge in [0.1, 0.15) is 5.82 Å². The summed E-state index contributed by atoms with van der Waals surface area (Å²) in [5.41, 5.74) is 2.97. The van der Waals surface area contributed by atoms with Gasteiger partial charge in [-0.05, 0) is 92.7 Å². The fourth-order valence-electron chi connectivity index (χ4n) is 5.51. The lowest BCUT2D eigenvalue weighted by Crippen LogP contribution is -2.46. The lowest BCUT2D eigenvalue weighted by molar-refractivity contribution is -0.258. The summed E-state index contributed by atoms with van der Waals surface area (Å²) in [6.07, 6.45) is 0.396. The molecule has 5 nitrogen and oxygen atoms in total. The first-order valence-corrected chi connectivity index (χ1v) is 12.6. The van der Waals surface area contributed by atoms with Gasteiger partial charge in [0.25, 0.3) is 5.91 Å². The number of carbonyl (C=O) groups is 2. The molecule has 1 unspecified atom stereocenters. The van der Waals surface area contributed by atoms with Crippen molar-refractivity contribution in [2.24, 2.45) is 5.73 Å². The molecule has 0 heterocycles. The molecule has 0 radical (unpaired) electrons. The van der Waals surface area contributed by atoms with Crippen LogP contribution >= 0.6 is 0 Å². The topological polar surface area (TPSA) is 83.6 Å². The molecule has 37 heavy (non-hydrogen) atoms. The molecule has 9 heteroatoms. The second kappa shape index (κ2) is 10.1. The molecule has 0 aromatic heterocycles. The fourth-order valence-corrected chi connectivity index (χ4v) is 5.51. The molecule has 0 saturated heterocycles. The number of nitrogens with two attached hydrogens (primary N) is 1.